The highest BCUT2D eigenvalue weighted by Gasteiger charge is 2.25. The molecule has 19 heavy (non-hydrogen) atoms. The van der Waals surface area contributed by atoms with Crippen molar-refractivity contribution in [1.82, 2.24) is 9.80 Å². The second-order valence-electron chi connectivity index (χ2n) is 5.37. The second kappa shape index (κ2) is 7.33. The van der Waals surface area contributed by atoms with Gasteiger partial charge >= 0.3 is 12.0 Å². The first-order valence-corrected chi connectivity index (χ1v) is 6.80. The van der Waals surface area contributed by atoms with Gasteiger partial charge in [-0.05, 0) is 32.1 Å². The number of rotatable bonds is 5. The summed E-state index contributed by atoms with van der Waals surface area (Å²) in [6.45, 7) is 3.48. The molecule has 0 saturated carbocycles. The maximum Gasteiger partial charge on any atom is 0.319 e. The Morgan fingerprint density at radius 2 is 1.95 bits per heavy atom. The van der Waals surface area contributed by atoms with Gasteiger partial charge in [0.05, 0.1) is 6.10 Å². The highest BCUT2D eigenvalue weighted by atomic mass is 16.4. The third kappa shape index (κ3) is 5.46. The minimum Gasteiger partial charge on any atom is -0.481 e. The Kier molecular flexibility index (Phi) is 6.08. The highest BCUT2D eigenvalue weighted by Crippen LogP contribution is 2.21. The zero-order valence-corrected chi connectivity index (χ0v) is 11.7. The first-order chi connectivity index (χ1) is 8.90. The van der Waals surface area contributed by atoms with Gasteiger partial charge in [-0.1, -0.05) is 0 Å². The Morgan fingerprint density at radius 3 is 2.42 bits per heavy atom. The van der Waals surface area contributed by atoms with E-state index in [0.717, 1.165) is 12.8 Å². The van der Waals surface area contributed by atoms with Crippen molar-refractivity contribution in [3.05, 3.63) is 0 Å². The number of piperidine rings is 1. The van der Waals surface area contributed by atoms with Gasteiger partial charge in [-0.15, -0.1) is 0 Å². The van der Waals surface area contributed by atoms with Gasteiger partial charge in [0.2, 0.25) is 0 Å². The smallest absolute Gasteiger partial charge is 0.319 e. The molecule has 1 fully saturated rings. The molecule has 1 heterocycles. The van der Waals surface area contributed by atoms with Gasteiger partial charge < -0.3 is 20.0 Å². The molecule has 0 aromatic rings. The first-order valence-electron chi connectivity index (χ1n) is 6.80. The van der Waals surface area contributed by atoms with Crippen molar-refractivity contribution >= 4 is 12.0 Å². The number of likely N-dealkylation sites (tertiary alicyclic amines) is 1. The van der Waals surface area contributed by atoms with E-state index >= 15 is 0 Å². The summed E-state index contributed by atoms with van der Waals surface area (Å²) < 4.78 is 0. The summed E-state index contributed by atoms with van der Waals surface area (Å²) >= 11 is 0. The van der Waals surface area contributed by atoms with Crippen LogP contribution in [0.2, 0.25) is 0 Å². The van der Waals surface area contributed by atoms with Gasteiger partial charge in [-0.3, -0.25) is 4.79 Å². The van der Waals surface area contributed by atoms with Crippen LogP contribution in [0.3, 0.4) is 0 Å². The van der Waals surface area contributed by atoms with E-state index in [4.69, 9.17) is 5.11 Å². The summed E-state index contributed by atoms with van der Waals surface area (Å²) in [5, 5.41) is 17.9. The average molecular weight is 272 g/mol. The molecule has 1 aliphatic heterocycles. The predicted molar refractivity (Wildman–Crippen MR) is 70.9 cm³/mol. The van der Waals surface area contributed by atoms with Gasteiger partial charge in [0, 0.05) is 33.1 Å². The number of carboxylic acids is 1. The number of aliphatic carboxylic acids is 1. The lowest BCUT2D eigenvalue weighted by Gasteiger charge is -2.34. The monoisotopic (exact) mass is 272 g/mol. The molecule has 1 rings (SSSR count). The third-order valence-corrected chi connectivity index (χ3v) is 3.56. The molecule has 0 aliphatic carbocycles. The summed E-state index contributed by atoms with van der Waals surface area (Å²) in [4.78, 5) is 26.1. The fourth-order valence-electron chi connectivity index (χ4n) is 2.29. The van der Waals surface area contributed by atoms with Crippen LogP contribution in [0.5, 0.6) is 0 Å². The van der Waals surface area contributed by atoms with Crippen LogP contribution in [0.1, 0.15) is 32.6 Å². The minimum atomic E-state index is -0.765. The molecule has 0 radical (unpaired) electrons. The number of hydrogen-bond donors (Lipinski definition) is 2. The Hall–Kier alpha value is -1.30. The molecule has 1 saturated heterocycles. The number of nitrogens with zero attached hydrogens (tertiary/aromatic N) is 2. The Balaban J connectivity index is 2.33. The molecular weight excluding hydrogens is 248 g/mol. The van der Waals surface area contributed by atoms with Crippen LogP contribution in [0.25, 0.3) is 0 Å². The van der Waals surface area contributed by atoms with Gasteiger partial charge in [-0.25, -0.2) is 4.79 Å². The molecular formula is C13H24N2O4. The van der Waals surface area contributed by atoms with E-state index < -0.39 is 12.1 Å². The molecule has 0 aromatic heterocycles. The number of amides is 2. The molecule has 110 valence electrons. The van der Waals surface area contributed by atoms with Crippen LogP contribution < -0.4 is 0 Å². The fourth-order valence-corrected chi connectivity index (χ4v) is 2.29. The van der Waals surface area contributed by atoms with E-state index in [1.807, 2.05) is 0 Å². The third-order valence-electron chi connectivity index (χ3n) is 3.56. The molecule has 1 unspecified atom stereocenters. The Morgan fingerprint density at radius 1 is 1.37 bits per heavy atom. The van der Waals surface area contributed by atoms with Crippen LogP contribution in [-0.2, 0) is 4.79 Å². The summed E-state index contributed by atoms with van der Waals surface area (Å²) in [5.41, 5.74) is 0. The zero-order valence-electron chi connectivity index (χ0n) is 11.7. The maximum absolute atomic E-state index is 12.1. The molecule has 1 atom stereocenters. The number of aliphatic hydroxyl groups is 1. The lowest BCUT2D eigenvalue weighted by atomic mass is 9.94. The standard InChI is InChI=1S/C13H24N2O4/c1-10(16)3-6-14(2)13(19)15-7-4-11(5-8-15)9-12(17)18/h10-11,16H,3-9H2,1-2H3,(H,17,18). The lowest BCUT2D eigenvalue weighted by Crippen LogP contribution is -2.46. The van der Waals surface area contributed by atoms with Crippen LogP contribution in [-0.4, -0.2) is 64.8 Å². The van der Waals surface area contributed by atoms with Crippen LogP contribution in [0.4, 0.5) is 4.79 Å². The predicted octanol–water partition coefficient (Wildman–Crippen LogP) is 0.996. The van der Waals surface area contributed by atoms with E-state index in [-0.39, 0.29) is 18.4 Å². The summed E-state index contributed by atoms with van der Waals surface area (Å²) in [5.74, 6) is -0.580. The second-order valence-corrected chi connectivity index (χ2v) is 5.37. The highest BCUT2D eigenvalue weighted by molar-refractivity contribution is 5.74. The van der Waals surface area contributed by atoms with E-state index in [1.165, 1.54) is 0 Å². The molecule has 0 aromatic carbocycles. The summed E-state index contributed by atoms with van der Waals surface area (Å²) in [7, 11) is 1.73. The minimum absolute atomic E-state index is 0.0329. The van der Waals surface area contributed by atoms with E-state index in [1.54, 1.807) is 23.8 Å². The van der Waals surface area contributed by atoms with Crippen molar-refractivity contribution < 1.29 is 19.8 Å². The van der Waals surface area contributed by atoms with Gasteiger partial charge in [0.1, 0.15) is 0 Å². The van der Waals surface area contributed by atoms with Crippen LogP contribution in [0, 0.1) is 5.92 Å². The number of carboxylic acid groups (broad SMARTS) is 1. The maximum atomic E-state index is 12.1. The van der Waals surface area contributed by atoms with Crippen molar-refractivity contribution in [3.63, 3.8) is 0 Å². The number of carbonyl (C=O) groups is 2. The normalized spacial score (nSPS) is 18.2. The van der Waals surface area contributed by atoms with Gasteiger partial charge in [-0.2, -0.15) is 0 Å². The largest absolute Gasteiger partial charge is 0.481 e. The quantitative estimate of drug-likeness (QED) is 0.782. The molecule has 6 heteroatoms. The topological polar surface area (TPSA) is 81.1 Å². The number of aliphatic hydroxyl groups excluding tert-OH is 1. The average Bonchev–Trinajstić information content (AvgIpc) is 2.35. The van der Waals surface area contributed by atoms with E-state index in [9.17, 15) is 14.7 Å². The van der Waals surface area contributed by atoms with Gasteiger partial charge in [0.25, 0.3) is 0 Å². The number of hydrogen-bond acceptors (Lipinski definition) is 3. The Labute approximate surface area is 114 Å². The lowest BCUT2D eigenvalue weighted by molar-refractivity contribution is -0.138. The zero-order chi connectivity index (χ0) is 14.4. The fraction of sp³-hybridized carbons (Fsp3) is 0.846. The van der Waals surface area contributed by atoms with E-state index in [2.05, 4.69) is 0 Å². The molecule has 2 N–H and O–H groups in total. The van der Waals surface area contributed by atoms with Crippen molar-refractivity contribution in [1.29, 1.82) is 0 Å². The SMILES string of the molecule is CC(O)CCN(C)C(=O)N1CCC(CC(=O)O)CC1. The molecule has 0 spiro atoms. The summed E-state index contributed by atoms with van der Waals surface area (Å²) in [6, 6.07) is -0.0329. The van der Waals surface area contributed by atoms with Crippen molar-refractivity contribution in [3.8, 4) is 0 Å². The van der Waals surface area contributed by atoms with Gasteiger partial charge in [0.15, 0.2) is 0 Å². The molecule has 2 amide bonds. The number of urea groups is 1. The van der Waals surface area contributed by atoms with Crippen molar-refractivity contribution in [2.45, 2.75) is 38.7 Å². The Bertz CT molecular complexity index is 312. The molecule has 6 nitrogen and oxygen atoms in total. The first kappa shape index (κ1) is 15.8. The molecule has 1 aliphatic rings. The summed E-state index contributed by atoms with van der Waals surface area (Å²) in [6.07, 6.45) is 1.86. The molecule has 0 bridgehead atoms. The van der Waals surface area contributed by atoms with Crippen LogP contribution in [0.15, 0.2) is 0 Å². The van der Waals surface area contributed by atoms with Crippen LogP contribution >= 0.6 is 0 Å². The van der Waals surface area contributed by atoms with E-state index in [0.29, 0.717) is 26.1 Å². The number of carbonyl (C=O) groups excluding carboxylic acids is 1. The van der Waals surface area contributed by atoms with Crippen molar-refractivity contribution in [2.75, 3.05) is 26.7 Å². The van der Waals surface area contributed by atoms with Crippen molar-refractivity contribution in [2.24, 2.45) is 5.92 Å².